The van der Waals surface area contributed by atoms with Gasteiger partial charge in [-0.15, -0.1) is 0 Å². The van der Waals surface area contributed by atoms with Crippen LogP contribution in [0.5, 0.6) is 0 Å². The first kappa shape index (κ1) is 11.2. The van der Waals surface area contributed by atoms with Gasteiger partial charge in [-0.2, -0.15) is 5.10 Å². The van der Waals surface area contributed by atoms with E-state index in [0.717, 1.165) is 5.52 Å². The van der Waals surface area contributed by atoms with E-state index in [-0.39, 0.29) is 0 Å². The summed E-state index contributed by atoms with van der Waals surface area (Å²) in [6.07, 6.45) is 4.98. The van der Waals surface area contributed by atoms with Gasteiger partial charge in [0.2, 0.25) is 0 Å². The smallest absolute Gasteiger partial charge is 0.0731 e. The maximum absolute atomic E-state index is 4.49. The van der Waals surface area contributed by atoms with E-state index in [1.165, 1.54) is 36.8 Å². The second kappa shape index (κ2) is 5.15. The number of nitrogens with one attached hydrogen (secondary N) is 1. The molecule has 0 aliphatic carbocycles. The summed E-state index contributed by atoms with van der Waals surface area (Å²) in [6, 6.07) is 8.41. The van der Waals surface area contributed by atoms with Gasteiger partial charge in [0.1, 0.15) is 0 Å². The van der Waals surface area contributed by atoms with Crippen LogP contribution in [0.3, 0.4) is 0 Å². The van der Waals surface area contributed by atoms with Crippen molar-refractivity contribution < 1.29 is 0 Å². The number of hydrogen-bond acceptors (Lipinski definition) is 1. The zero-order valence-electron chi connectivity index (χ0n) is 10.2. The van der Waals surface area contributed by atoms with E-state index in [2.05, 4.69) is 48.3 Å². The molecular weight excluding hydrogens is 196 g/mol. The summed E-state index contributed by atoms with van der Waals surface area (Å²) in [6.45, 7) is 4.50. The minimum absolute atomic E-state index is 0.607. The third kappa shape index (κ3) is 2.11. The van der Waals surface area contributed by atoms with Gasteiger partial charge in [-0.1, -0.05) is 44.9 Å². The molecule has 0 saturated heterocycles. The Morgan fingerprint density at radius 3 is 2.81 bits per heavy atom. The molecule has 1 heterocycles. The molecule has 1 aromatic carbocycles. The van der Waals surface area contributed by atoms with Gasteiger partial charge in [0, 0.05) is 11.3 Å². The molecular formula is C14H20N2. The van der Waals surface area contributed by atoms with Crippen molar-refractivity contribution in [1.29, 1.82) is 0 Å². The SMILES string of the molecule is CCCCC(CC)c1n[nH]c2ccccc12. The minimum atomic E-state index is 0.607. The Bertz CT molecular complexity index is 445. The van der Waals surface area contributed by atoms with Crippen molar-refractivity contribution in [2.75, 3.05) is 0 Å². The number of aromatic nitrogens is 2. The van der Waals surface area contributed by atoms with Crippen molar-refractivity contribution >= 4 is 10.9 Å². The van der Waals surface area contributed by atoms with Crippen LogP contribution >= 0.6 is 0 Å². The van der Waals surface area contributed by atoms with Crippen LogP contribution in [-0.4, -0.2) is 10.2 Å². The van der Waals surface area contributed by atoms with Gasteiger partial charge >= 0.3 is 0 Å². The highest BCUT2D eigenvalue weighted by Gasteiger charge is 2.14. The summed E-state index contributed by atoms with van der Waals surface area (Å²) in [5.74, 6) is 0.607. The van der Waals surface area contributed by atoms with Crippen molar-refractivity contribution in [3.8, 4) is 0 Å². The van der Waals surface area contributed by atoms with E-state index in [1.807, 2.05) is 0 Å². The lowest BCUT2D eigenvalue weighted by molar-refractivity contribution is 0.559. The summed E-state index contributed by atoms with van der Waals surface area (Å²) in [7, 11) is 0. The van der Waals surface area contributed by atoms with E-state index >= 15 is 0 Å². The first-order valence-electron chi connectivity index (χ1n) is 6.29. The number of benzene rings is 1. The molecule has 1 unspecified atom stereocenters. The van der Waals surface area contributed by atoms with Gasteiger partial charge in [-0.05, 0) is 18.9 Å². The maximum Gasteiger partial charge on any atom is 0.0731 e. The number of hydrogen-bond donors (Lipinski definition) is 1. The molecule has 1 atom stereocenters. The molecule has 86 valence electrons. The van der Waals surface area contributed by atoms with E-state index in [1.54, 1.807) is 0 Å². The molecule has 0 bridgehead atoms. The number of aromatic amines is 1. The average Bonchev–Trinajstić information content (AvgIpc) is 2.75. The highest BCUT2D eigenvalue weighted by atomic mass is 15.1. The Kier molecular flexibility index (Phi) is 3.60. The van der Waals surface area contributed by atoms with Gasteiger partial charge < -0.3 is 0 Å². The van der Waals surface area contributed by atoms with Crippen LogP contribution in [0.15, 0.2) is 24.3 Å². The molecule has 0 radical (unpaired) electrons. The van der Waals surface area contributed by atoms with Crippen LogP contribution in [0.25, 0.3) is 10.9 Å². The third-order valence-electron chi connectivity index (χ3n) is 3.29. The van der Waals surface area contributed by atoms with E-state index in [9.17, 15) is 0 Å². The number of H-pyrrole nitrogens is 1. The lowest BCUT2D eigenvalue weighted by atomic mass is 9.94. The van der Waals surface area contributed by atoms with Gasteiger partial charge in [0.25, 0.3) is 0 Å². The standard InChI is InChI=1S/C14H20N2/c1-3-5-8-11(4-2)14-12-9-6-7-10-13(12)15-16-14/h6-7,9-11H,3-5,8H2,1-2H3,(H,15,16). The fraction of sp³-hybridized carbons (Fsp3) is 0.500. The Labute approximate surface area is 97.1 Å². The number of fused-ring (bicyclic) bond motifs is 1. The van der Waals surface area contributed by atoms with Gasteiger partial charge in [-0.25, -0.2) is 0 Å². The van der Waals surface area contributed by atoms with Crippen LogP contribution in [0.2, 0.25) is 0 Å². The number of para-hydroxylation sites is 1. The summed E-state index contributed by atoms with van der Waals surface area (Å²) in [4.78, 5) is 0. The Morgan fingerprint density at radius 2 is 2.06 bits per heavy atom. The minimum Gasteiger partial charge on any atom is -0.278 e. The maximum atomic E-state index is 4.49. The molecule has 2 aromatic rings. The van der Waals surface area contributed by atoms with E-state index in [0.29, 0.717) is 5.92 Å². The molecule has 16 heavy (non-hydrogen) atoms. The van der Waals surface area contributed by atoms with Crippen LogP contribution < -0.4 is 0 Å². The van der Waals surface area contributed by atoms with Crippen molar-refractivity contribution in [1.82, 2.24) is 10.2 Å². The highest BCUT2D eigenvalue weighted by Crippen LogP contribution is 2.29. The van der Waals surface area contributed by atoms with E-state index < -0.39 is 0 Å². The third-order valence-corrected chi connectivity index (χ3v) is 3.29. The van der Waals surface area contributed by atoms with Crippen molar-refractivity contribution in [2.45, 2.75) is 45.4 Å². The number of nitrogens with zero attached hydrogens (tertiary/aromatic N) is 1. The average molecular weight is 216 g/mol. The van der Waals surface area contributed by atoms with Crippen LogP contribution in [-0.2, 0) is 0 Å². The molecule has 2 rings (SSSR count). The zero-order valence-corrected chi connectivity index (χ0v) is 10.2. The first-order valence-corrected chi connectivity index (χ1v) is 6.29. The van der Waals surface area contributed by atoms with Crippen LogP contribution in [0, 0.1) is 0 Å². The predicted octanol–water partition coefficient (Wildman–Crippen LogP) is 4.25. The van der Waals surface area contributed by atoms with Crippen LogP contribution in [0.1, 0.15) is 51.1 Å². The normalized spacial score (nSPS) is 13.1. The summed E-state index contributed by atoms with van der Waals surface area (Å²) in [5, 5.41) is 8.92. The monoisotopic (exact) mass is 216 g/mol. The second-order valence-corrected chi connectivity index (χ2v) is 4.40. The molecule has 0 aliphatic heterocycles. The van der Waals surface area contributed by atoms with Crippen molar-refractivity contribution in [3.05, 3.63) is 30.0 Å². The second-order valence-electron chi connectivity index (χ2n) is 4.40. The molecule has 2 nitrogen and oxygen atoms in total. The van der Waals surface area contributed by atoms with Crippen molar-refractivity contribution in [3.63, 3.8) is 0 Å². The lowest BCUT2D eigenvalue weighted by Crippen LogP contribution is -1.98. The number of unbranched alkanes of at least 4 members (excludes halogenated alkanes) is 1. The first-order chi connectivity index (χ1) is 7.86. The summed E-state index contributed by atoms with van der Waals surface area (Å²) in [5.41, 5.74) is 2.42. The molecule has 0 saturated carbocycles. The van der Waals surface area contributed by atoms with Gasteiger partial charge in [0.05, 0.1) is 11.2 Å². The highest BCUT2D eigenvalue weighted by molar-refractivity contribution is 5.81. The molecule has 0 amide bonds. The Morgan fingerprint density at radius 1 is 1.25 bits per heavy atom. The fourth-order valence-corrected chi connectivity index (χ4v) is 2.28. The molecule has 0 fully saturated rings. The van der Waals surface area contributed by atoms with Crippen molar-refractivity contribution in [2.24, 2.45) is 0 Å². The van der Waals surface area contributed by atoms with Gasteiger partial charge in [0.15, 0.2) is 0 Å². The predicted molar refractivity (Wildman–Crippen MR) is 68.7 cm³/mol. The van der Waals surface area contributed by atoms with Gasteiger partial charge in [-0.3, -0.25) is 5.10 Å². The van der Waals surface area contributed by atoms with Crippen LogP contribution in [0.4, 0.5) is 0 Å². The molecule has 2 heteroatoms. The molecule has 0 aliphatic rings. The molecule has 1 aromatic heterocycles. The quantitative estimate of drug-likeness (QED) is 0.795. The topological polar surface area (TPSA) is 28.7 Å². The number of rotatable bonds is 5. The fourth-order valence-electron chi connectivity index (χ4n) is 2.28. The Balaban J connectivity index is 2.30. The summed E-state index contributed by atoms with van der Waals surface area (Å²) >= 11 is 0. The summed E-state index contributed by atoms with van der Waals surface area (Å²) < 4.78 is 0. The lowest BCUT2D eigenvalue weighted by Gasteiger charge is -2.11. The van der Waals surface area contributed by atoms with E-state index in [4.69, 9.17) is 0 Å². The Hall–Kier alpha value is -1.31. The zero-order chi connectivity index (χ0) is 11.4. The largest absolute Gasteiger partial charge is 0.278 e. The molecule has 0 spiro atoms. The molecule has 1 N–H and O–H groups in total.